The van der Waals surface area contributed by atoms with Crippen molar-refractivity contribution in [1.29, 1.82) is 0 Å². The first-order chi connectivity index (χ1) is 12.8. The van der Waals surface area contributed by atoms with Crippen LogP contribution in [0.5, 0.6) is 0 Å². The summed E-state index contributed by atoms with van der Waals surface area (Å²) in [6, 6.07) is 11.6. The maximum absolute atomic E-state index is 13.6. The summed E-state index contributed by atoms with van der Waals surface area (Å²) in [6.07, 6.45) is 1.38. The van der Waals surface area contributed by atoms with E-state index in [1.807, 2.05) is 0 Å². The van der Waals surface area contributed by atoms with Gasteiger partial charge < -0.3 is 9.73 Å². The van der Waals surface area contributed by atoms with Crippen molar-refractivity contribution >= 4 is 21.6 Å². The third-order valence-electron chi connectivity index (χ3n) is 3.61. The van der Waals surface area contributed by atoms with Crippen molar-refractivity contribution in [2.45, 2.75) is 11.4 Å². The molecule has 0 saturated carbocycles. The molecule has 0 aliphatic heterocycles. The van der Waals surface area contributed by atoms with Crippen molar-refractivity contribution in [2.75, 3.05) is 5.32 Å². The Morgan fingerprint density at radius 2 is 1.78 bits per heavy atom. The van der Waals surface area contributed by atoms with Crippen molar-refractivity contribution < 1.29 is 26.4 Å². The van der Waals surface area contributed by atoms with Crippen LogP contribution in [0.3, 0.4) is 0 Å². The highest BCUT2D eigenvalue weighted by molar-refractivity contribution is 7.89. The van der Waals surface area contributed by atoms with Gasteiger partial charge in [-0.05, 0) is 48.0 Å². The number of nitrogens with one attached hydrogen (secondary N) is 2. The maximum atomic E-state index is 13.6. The lowest BCUT2D eigenvalue weighted by atomic mass is 10.2. The molecule has 1 heterocycles. The number of furan rings is 1. The Morgan fingerprint density at radius 3 is 2.44 bits per heavy atom. The fraction of sp³-hybridized carbons (Fsp3) is 0.0556. The van der Waals surface area contributed by atoms with E-state index in [0.717, 1.165) is 12.1 Å². The van der Waals surface area contributed by atoms with Gasteiger partial charge in [0.2, 0.25) is 10.0 Å². The molecule has 140 valence electrons. The summed E-state index contributed by atoms with van der Waals surface area (Å²) in [5.41, 5.74) is 1.05. The van der Waals surface area contributed by atoms with Crippen LogP contribution in [-0.2, 0) is 16.6 Å². The Kier molecular flexibility index (Phi) is 5.33. The van der Waals surface area contributed by atoms with Crippen molar-refractivity contribution in [2.24, 2.45) is 0 Å². The molecular weight excluding hydrogens is 378 g/mol. The predicted molar refractivity (Wildman–Crippen MR) is 93.5 cm³/mol. The number of halogens is 2. The van der Waals surface area contributed by atoms with Gasteiger partial charge in [0.25, 0.3) is 5.91 Å². The molecule has 9 heteroatoms. The van der Waals surface area contributed by atoms with Crippen LogP contribution >= 0.6 is 0 Å². The van der Waals surface area contributed by atoms with Crippen LogP contribution < -0.4 is 10.0 Å². The zero-order valence-corrected chi connectivity index (χ0v) is 14.6. The Hall–Kier alpha value is -3.04. The number of rotatable bonds is 6. The number of anilines is 1. The van der Waals surface area contributed by atoms with Crippen LogP contribution in [0, 0.1) is 11.6 Å². The van der Waals surface area contributed by atoms with Crippen LogP contribution in [0.25, 0.3) is 0 Å². The lowest BCUT2D eigenvalue weighted by Crippen LogP contribution is -2.24. The third-order valence-corrected chi connectivity index (χ3v) is 5.02. The SMILES string of the molecule is O=C(Nc1ccc(CNS(=O)(=O)c2cc(F)ccc2F)cc1)c1ccco1. The molecule has 1 amide bonds. The summed E-state index contributed by atoms with van der Waals surface area (Å²) in [7, 11) is -4.22. The Morgan fingerprint density at radius 1 is 1.04 bits per heavy atom. The molecule has 0 fully saturated rings. The van der Waals surface area contributed by atoms with E-state index in [4.69, 9.17) is 4.42 Å². The van der Waals surface area contributed by atoms with E-state index < -0.39 is 32.5 Å². The zero-order chi connectivity index (χ0) is 19.4. The van der Waals surface area contributed by atoms with E-state index in [2.05, 4.69) is 10.0 Å². The largest absolute Gasteiger partial charge is 0.459 e. The number of carbonyl (C=O) groups is 1. The van der Waals surface area contributed by atoms with Crippen LogP contribution in [0.4, 0.5) is 14.5 Å². The van der Waals surface area contributed by atoms with Gasteiger partial charge in [0, 0.05) is 12.2 Å². The molecule has 0 bridgehead atoms. The van der Waals surface area contributed by atoms with Crippen molar-refractivity contribution in [3.63, 3.8) is 0 Å². The first-order valence-electron chi connectivity index (χ1n) is 7.74. The van der Waals surface area contributed by atoms with Crippen molar-refractivity contribution in [1.82, 2.24) is 4.72 Å². The van der Waals surface area contributed by atoms with E-state index >= 15 is 0 Å². The summed E-state index contributed by atoms with van der Waals surface area (Å²) in [6.45, 7) is -0.134. The fourth-order valence-electron chi connectivity index (χ4n) is 2.25. The van der Waals surface area contributed by atoms with Gasteiger partial charge in [0.1, 0.15) is 16.5 Å². The van der Waals surface area contributed by atoms with Crippen LogP contribution in [0.15, 0.2) is 70.2 Å². The molecule has 0 aliphatic rings. The molecule has 3 aromatic rings. The second-order valence-corrected chi connectivity index (χ2v) is 7.26. The average Bonchev–Trinajstić information content (AvgIpc) is 3.18. The minimum atomic E-state index is -4.22. The van der Waals surface area contributed by atoms with Crippen LogP contribution in [0.1, 0.15) is 16.1 Å². The Bertz CT molecular complexity index is 1050. The molecule has 0 saturated heterocycles. The van der Waals surface area contributed by atoms with Gasteiger partial charge in [-0.25, -0.2) is 21.9 Å². The van der Waals surface area contributed by atoms with E-state index in [1.165, 1.54) is 12.3 Å². The highest BCUT2D eigenvalue weighted by Crippen LogP contribution is 2.17. The smallest absolute Gasteiger partial charge is 0.291 e. The van der Waals surface area contributed by atoms with E-state index in [-0.39, 0.29) is 12.3 Å². The standard InChI is InChI=1S/C18H14F2N2O4S/c19-13-5-8-15(20)17(10-13)27(24,25)21-11-12-3-6-14(7-4-12)22-18(23)16-2-1-9-26-16/h1-10,21H,11H2,(H,22,23). The highest BCUT2D eigenvalue weighted by Gasteiger charge is 2.19. The lowest BCUT2D eigenvalue weighted by molar-refractivity contribution is 0.0996. The molecule has 1 aromatic heterocycles. The zero-order valence-electron chi connectivity index (χ0n) is 13.8. The quantitative estimate of drug-likeness (QED) is 0.674. The van der Waals surface area contributed by atoms with Gasteiger partial charge in [-0.2, -0.15) is 0 Å². The molecule has 3 rings (SSSR count). The Labute approximate surface area is 153 Å². The molecule has 2 N–H and O–H groups in total. The number of amides is 1. The minimum Gasteiger partial charge on any atom is -0.459 e. The first-order valence-corrected chi connectivity index (χ1v) is 9.22. The third kappa shape index (κ3) is 4.57. The van der Waals surface area contributed by atoms with E-state index in [9.17, 15) is 22.0 Å². The van der Waals surface area contributed by atoms with Crippen molar-refractivity contribution in [3.8, 4) is 0 Å². The summed E-state index contributed by atoms with van der Waals surface area (Å²) in [4.78, 5) is 11.1. The molecule has 0 unspecified atom stereocenters. The maximum Gasteiger partial charge on any atom is 0.291 e. The van der Waals surface area contributed by atoms with Crippen LogP contribution in [-0.4, -0.2) is 14.3 Å². The molecule has 0 spiro atoms. The molecule has 27 heavy (non-hydrogen) atoms. The number of benzene rings is 2. The number of sulfonamides is 1. The molecular formula is C18H14F2N2O4S. The number of carbonyl (C=O) groups excluding carboxylic acids is 1. The topological polar surface area (TPSA) is 88.4 Å². The summed E-state index contributed by atoms with van der Waals surface area (Å²) < 4.78 is 58.3. The van der Waals surface area contributed by atoms with Crippen molar-refractivity contribution in [3.05, 3.63) is 83.8 Å². The fourth-order valence-corrected chi connectivity index (χ4v) is 3.35. The summed E-state index contributed by atoms with van der Waals surface area (Å²) in [5, 5.41) is 2.62. The average molecular weight is 392 g/mol. The summed E-state index contributed by atoms with van der Waals surface area (Å²) in [5.74, 6) is -2.16. The number of hydrogen-bond acceptors (Lipinski definition) is 4. The second kappa shape index (κ2) is 7.68. The van der Waals surface area contributed by atoms with Crippen LogP contribution in [0.2, 0.25) is 0 Å². The van der Waals surface area contributed by atoms with Gasteiger partial charge in [0.15, 0.2) is 5.76 Å². The number of hydrogen-bond donors (Lipinski definition) is 2. The van der Waals surface area contributed by atoms with Gasteiger partial charge in [-0.1, -0.05) is 12.1 Å². The van der Waals surface area contributed by atoms with Gasteiger partial charge in [-0.15, -0.1) is 0 Å². The monoisotopic (exact) mass is 392 g/mol. The van der Waals surface area contributed by atoms with Gasteiger partial charge in [0.05, 0.1) is 6.26 Å². The lowest BCUT2D eigenvalue weighted by Gasteiger charge is -2.09. The second-order valence-electron chi connectivity index (χ2n) is 5.53. The molecule has 2 aromatic carbocycles. The first kappa shape index (κ1) is 18.7. The molecule has 0 atom stereocenters. The van der Waals surface area contributed by atoms with E-state index in [0.29, 0.717) is 17.3 Å². The molecule has 0 radical (unpaired) electrons. The molecule has 0 aliphatic carbocycles. The predicted octanol–water partition coefficient (Wildman–Crippen LogP) is 3.29. The normalized spacial score (nSPS) is 11.3. The van der Waals surface area contributed by atoms with Gasteiger partial charge >= 0.3 is 0 Å². The molecule has 6 nitrogen and oxygen atoms in total. The van der Waals surface area contributed by atoms with Gasteiger partial charge in [-0.3, -0.25) is 4.79 Å². The Balaban J connectivity index is 1.64. The summed E-state index contributed by atoms with van der Waals surface area (Å²) >= 11 is 0. The minimum absolute atomic E-state index is 0.134. The highest BCUT2D eigenvalue weighted by atomic mass is 32.2. The van der Waals surface area contributed by atoms with E-state index in [1.54, 1.807) is 30.3 Å².